The minimum Gasteiger partial charge on any atom is -0.481 e. The number of nitrogens with one attached hydrogen (secondary N) is 1. The highest BCUT2D eigenvalue weighted by atomic mass is 19.1. The molecule has 1 aromatic rings. The first kappa shape index (κ1) is 14.5. The first-order chi connectivity index (χ1) is 9.47. The molecule has 1 saturated carbocycles. The van der Waals surface area contributed by atoms with Gasteiger partial charge in [-0.1, -0.05) is 12.1 Å². The van der Waals surface area contributed by atoms with Crippen LogP contribution in [-0.4, -0.2) is 23.0 Å². The highest BCUT2D eigenvalue weighted by molar-refractivity contribution is 5.83. The van der Waals surface area contributed by atoms with E-state index in [0.717, 1.165) is 0 Å². The number of aliphatic carboxylic acids is 1. The van der Waals surface area contributed by atoms with Crippen LogP contribution in [0.4, 0.5) is 4.39 Å². The maximum absolute atomic E-state index is 13.1. The van der Waals surface area contributed by atoms with Crippen LogP contribution in [0.25, 0.3) is 0 Å². The van der Waals surface area contributed by atoms with E-state index in [0.29, 0.717) is 24.8 Å². The van der Waals surface area contributed by atoms with Crippen molar-refractivity contribution in [1.82, 2.24) is 5.32 Å². The quantitative estimate of drug-likeness (QED) is 0.888. The summed E-state index contributed by atoms with van der Waals surface area (Å²) in [5, 5.41) is 11.8. The molecule has 0 bridgehead atoms. The summed E-state index contributed by atoms with van der Waals surface area (Å²) in [6.45, 7) is 1.72. The second-order valence-electron chi connectivity index (χ2n) is 5.33. The zero-order valence-corrected chi connectivity index (χ0v) is 11.3. The molecule has 2 rings (SSSR count). The van der Waals surface area contributed by atoms with E-state index in [1.54, 1.807) is 19.1 Å². The fourth-order valence-corrected chi connectivity index (χ4v) is 2.59. The number of benzene rings is 1. The average Bonchev–Trinajstić information content (AvgIpc) is 2.86. The second kappa shape index (κ2) is 6.03. The predicted molar refractivity (Wildman–Crippen MR) is 71.7 cm³/mol. The van der Waals surface area contributed by atoms with Crippen LogP contribution in [0.3, 0.4) is 0 Å². The molecule has 0 aromatic heterocycles. The van der Waals surface area contributed by atoms with Gasteiger partial charge in [-0.2, -0.15) is 0 Å². The third kappa shape index (κ3) is 3.35. The molecule has 1 aliphatic carbocycles. The summed E-state index contributed by atoms with van der Waals surface area (Å²) < 4.78 is 13.1. The predicted octanol–water partition coefficient (Wildman–Crippen LogP) is 2.30. The van der Waals surface area contributed by atoms with Crippen LogP contribution >= 0.6 is 0 Å². The molecule has 1 aromatic carbocycles. The van der Waals surface area contributed by atoms with Crippen molar-refractivity contribution in [3.63, 3.8) is 0 Å². The van der Waals surface area contributed by atoms with Crippen molar-refractivity contribution in [1.29, 1.82) is 0 Å². The van der Waals surface area contributed by atoms with Crippen molar-refractivity contribution in [2.24, 2.45) is 5.92 Å². The van der Waals surface area contributed by atoms with Gasteiger partial charge >= 0.3 is 5.97 Å². The number of carbonyl (C=O) groups is 2. The van der Waals surface area contributed by atoms with Gasteiger partial charge in [0.15, 0.2) is 0 Å². The van der Waals surface area contributed by atoms with Gasteiger partial charge in [0, 0.05) is 6.04 Å². The third-order valence-electron chi connectivity index (χ3n) is 3.87. The minimum absolute atomic E-state index is 0.0976. The van der Waals surface area contributed by atoms with Gasteiger partial charge in [-0.3, -0.25) is 9.59 Å². The molecule has 4 nitrogen and oxygen atoms in total. The molecule has 1 fully saturated rings. The van der Waals surface area contributed by atoms with E-state index in [2.05, 4.69) is 5.32 Å². The number of rotatable bonds is 4. The van der Waals surface area contributed by atoms with E-state index in [4.69, 9.17) is 5.11 Å². The number of amides is 1. The number of carboxylic acid groups (broad SMARTS) is 1. The summed E-state index contributed by atoms with van der Waals surface area (Å²) in [4.78, 5) is 23.0. The topological polar surface area (TPSA) is 66.4 Å². The molecule has 0 heterocycles. The highest BCUT2D eigenvalue weighted by Gasteiger charge is 2.31. The van der Waals surface area contributed by atoms with Crippen molar-refractivity contribution in [3.05, 3.63) is 35.6 Å². The lowest BCUT2D eigenvalue weighted by atomic mass is 9.99. The first-order valence-electron chi connectivity index (χ1n) is 6.76. The molecular weight excluding hydrogens is 261 g/mol. The number of carbonyl (C=O) groups excluding carboxylic acids is 1. The lowest BCUT2D eigenvalue weighted by Gasteiger charge is -2.17. The van der Waals surface area contributed by atoms with Gasteiger partial charge < -0.3 is 10.4 Å². The molecular formula is C15H18FNO3. The summed E-state index contributed by atoms with van der Waals surface area (Å²) in [7, 11) is 0. The van der Waals surface area contributed by atoms with E-state index in [1.165, 1.54) is 12.1 Å². The van der Waals surface area contributed by atoms with Gasteiger partial charge in [0.05, 0.1) is 11.8 Å². The molecule has 0 spiro atoms. The van der Waals surface area contributed by atoms with E-state index >= 15 is 0 Å². The van der Waals surface area contributed by atoms with Crippen molar-refractivity contribution in [3.8, 4) is 0 Å². The van der Waals surface area contributed by atoms with Gasteiger partial charge in [-0.05, 0) is 43.9 Å². The molecule has 1 aliphatic rings. The van der Waals surface area contributed by atoms with Crippen LogP contribution in [0.2, 0.25) is 0 Å². The van der Waals surface area contributed by atoms with E-state index in [9.17, 15) is 14.0 Å². The van der Waals surface area contributed by atoms with E-state index in [-0.39, 0.29) is 23.7 Å². The lowest BCUT2D eigenvalue weighted by molar-refractivity contribution is -0.141. The number of hydrogen-bond donors (Lipinski definition) is 2. The third-order valence-corrected chi connectivity index (χ3v) is 3.87. The van der Waals surface area contributed by atoms with Crippen LogP contribution in [0.1, 0.15) is 37.7 Å². The van der Waals surface area contributed by atoms with Gasteiger partial charge in [-0.15, -0.1) is 0 Å². The van der Waals surface area contributed by atoms with E-state index < -0.39 is 11.9 Å². The lowest BCUT2D eigenvalue weighted by Crippen LogP contribution is -2.36. The monoisotopic (exact) mass is 279 g/mol. The van der Waals surface area contributed by atoms with Crippen molar-refractivity contribution >= 4 is 11.9 Å². The largest absolute Gasteiger partial charge is 0.481 e. The zero-order chi connectivity index (χ0) is 14.7. The molecule has 0 aliphatic heterocycles. The molecule has 0 saturated heterocycles. The van der Waals surface area contributed by atoms with Crippen LogP contribution in [0, 0.1) is 11.7 Å². The van der Waals surface area contributed by atoms with Crippen LogP contribution < -0.4 is 5.32 Å². The van der Waals surface area contributed by atoms with Crippen LogP contribution in [-0.2, 0) is 9.59 Å². The van der Waals surface area contributed by atoms with Crippen LogP contribution in [0.5, 0.6) is 0 Å². The van der Waals surface area contributed by atoms with Crippen LogP contribution in [0.15, 0.2) is 24.3 Å². The molecule has 1 unspecified atom stereocenters. The Labute approximate surface area is 117 Å². The summed E-state index contributed by atoms with van der Waals surface area (Å²) in [6.07, 6.45) is 1.74. The summed E-state index contributed by atoms with van der Waals surface area (Å²) in [5.41, 5.74) is 0.621. The number of halogens is 1. The first-order valence-corrected chi connectivity index (χ1v) is 6.76. The van der Waals surface area contributed by atoms with Crippen molar-refractivity contribution in [2.75, 3.05) is 0 Å². The molecule has 0 radical (unpaired) electrons. The summed E-state index contributed by atoms with van der Waals surface area (Å²) in [6, 6.07) is 5.87. The Balaban J connectivity index is 1.94. The molecule has 5 heteroatoms. The summed E-state index contributed by atoms with van der Waals surface area (Å²) >= 11 is 0. The Bertz CT molecular complexity index is 518. The van der Waals surface area contributed by atoms with Crippen molar-refractivity contribution < 1.29 is 19.1 Å². The van der Waals surface area contributed by atoms with Gasteiger partial charge in [0.2, 0.25) is 5.91 Å². The smallest absolute Gasteiger partial charge is 0.306 e. The summed E-state index contributed by atoms with van der Waals surface area (Å²) in [5.74, 6) is -2.18. The maximum Gasteiger partial charge on any atom is 0.306 e. The maximum atomic E-state index is 13.1. The molecule has 2 N–H and O–H groups in total. The minimum atomic E-state index is -0.806. The number of hydrogen-bond acceptors (Lipinski definition) is 2. The zero-order valence-electron chi connectivity index (χ0n) is 11.3. The van der Waals surface area contributed by atoms with E-state index in [1.807, 2.05) is 0 Å². The fourth-order valence-electron chi connectivity index (χ4n) is 2.59. The van der Waals surface area contributed by atoms with Gasteiger partial charge in [-0.25, -0.2) is 4.39 Å². The van der Waals surface area contributed by atoms with Crippen molar-refractivity contribution in [2.45, 2.75) is 38.1 Å². The molecule has 108 valence electrons. The second-order valence-corrected chi connectivity index (χ2v) is 5.33. The Morgan fingerprint density at radius 3 is 2.75 bits per heavy atom. The SMILES string of the molecule is CC(C(=O)N[C@H]1CC[C@@H](C(=O)O)C1)c1cccc(F)c1. The Morgan fingerprint density at radius 2 is 2.15 bits per heavy atom. The standard InChI is InChI=1S/C15H18FNO3/c1-9(10-3-2-4-12(16)7-10)14(18)17-13-6-5-11(8-13)15(19)20/h2-4,7,9,11,13H,5-6,8H2,1H3,(H,17,18)(H,19,20)/t9?,11-,13+/m1/s1. The molecule has 20 heavy (non-hydrogen) atoms. The van der Waals surface area contributed by atoms with Gasteiger partial charge in [0.25, 0.3) is 0 Å². The Hall–Kier alpha value is -1.91. The number of carboxylic acids is 1. The Kier molecular flexibility index (Phi) is 4.37. The van der Waals surface area contributed by atoms with Gasteiger partial charge in [0.1, 0.15) is 5.82 Å². The average molecular weight is 279 g/mol. The molecule has 3 atom stereocenters. The fraction of sp³-hybridized carbons (Fsp3) is 0.467. The Morgan fingerprint density at radius 1 is 1.40 bits per heavy atom. The highest BCUT2D eigenvalue weighted by Crippen LogP contribution is 2.26. The molecule has 1 amide bonds. The normalized spacial score (nSPS) is 23.3.